The molecule has 0 saturated heterocycles. The van der Waals surface area contributed by atoms with Gasteiger partial charge in [-0.3, -0.25) is 0 Å². The molecule has 0 bridgehead atoms. The molecule has 0 aliphatic rings. The Morgan fingerprint density at radius 1 is 1.31 bits per heavy atom. The zero-order chi connectivity index (χ0) is 9.94. The van der Waals surface area contributed by atoms with Crippen LogP contribution in [0.15, 0.2) is 17.5 Å². The van der Waals surface area contributed by atoms with Gasteiger partial charge in [0, 0.05) is 17.9 Å². The lowest BCUT2D eigenvalue weighted by atomic mass is 10.3. The van der Waals surface area contributed by atoms with Crippen LogP contribution in [0, 0.1) is 0 Å². The van der Waals surface area contributed by atoms with Gasteiger partial charge < -0.3 is 5.11 Å². The van der Waals surface area contributed by atoms with Crippen molar-refractivity contribution >= 4 is 11.3 Å². The summed E-state index contributed by atoms with van der Waals surface area (Å²) in [6.07, 6.45) is 4.88. The highest BCUT2D eigenvalue weighted by Gasteiger charge is 1.87. The number of rotatable bonds is 4. The van der Waals surface area contributed by atoms with Crippen LogP contribution in [0.5, 0.6) is 0 Å². The number of hydrogen-bond acceptors (Lipinski definition) is 2. The highest BCUT2D eigenvalue weighted by Crippen LogP contribution is 2.07. The second-order valence-electron chi connectivity index (χ2n) is 2.91. The largest absolute Gasteiger partial charge is 0.396 e. The van der Waals surface area contributed by atoms with E-state index in [-0.39, 0.29) is 6.61 Å². The van der Waals surface area contributed by atoms with Crippen molar-refractivity contribution in [1.82, 2.24) is 0 Å². The predicted octanol–water partition coefficient (Wildman–Crippen LogP) is 3.48. The molecule has 1 aromatic heterocycles. The van der Waals surface area contributed by atoms with Gasteiger partial charge in [-0.15, -0.1) is 11.3 Å². The van der Waals surface area contributed by atoms with Gasteiger partial charge in [0.05, 0.1) is 0 Å². The summed E-state index contributed by atoms with van der Waals surface area (Å²) in [7, 11) is 0. The van der Waals surface area contributed by atoms with Crippen molar-refractivity contribution in [2.24, 2.45) is 0 Å². The zero-order valence-electron chi connectivity index (χ0n) is 8.62. The lowest BCUT2D eigenvalue weighted by Crippen LogP contribution is -1.84. The van der Waals surface area contributed by atoms with E-state index in [1.165, 1.54) is 24.1 Å². The molecule has 0 spiro atoms. The SMILES string of the molecule is CCCCC.OCCc1cccs1. The van der Waals surface area contributed by atoms with Gasteiger partial charge in [-0.2, -0.15) is 0 Å². The average Bonchev–Trinajstić information content (AvgIpc) is 2.60. The number of aliphatic hydroxyl groups is 1. The second kappa shape index (κ2) is 9.75. The number of aliphatic hydroxyl groups excluding tert-OH is 1. The van der Waals surface area contributed by atoms with Gasteiger partial charge in [-0.25, -0.2) is 0 Å². The Morgan fingerprint density at radius 3 is 2.31 bits per heavy atom. The molecule has 0 saturated carbocycles. The van der Waals surface area contributed by atoms with Crippen LogP contribution in [0.1, 0.15) is 38.0 Å². The Kier molecular flexibility index (Phi) is 9.49. The Hall–Kier alpha value is -0.340. The zero-order valence-corrected chi connectivity index (χ0v) is 9.44. The van der Waals surface area contributed by atoms with E-state index in [0.717, 1.165) is 6.42 Å². The van der Waals surface area contributed by atoms with Crippen LogP contribution in [0.25, 0.3) is 0 Å². The monoisotopic (exact) mass is 200 g/mol. The summed E-state index contributed by atoms with van der Waals surface area (Å²) >= 11 is 1.69. The summed E-state index contributed by atoms with van der Waals surface area (Å²) in [5, 5.41) is 10.5. The molecule has 0 atom stereocenters. The standard InChI is InChI=1S/C6H8OS.C5H12/c7-4-3-6-2-1-5-8-6;1-3-5-4-2/h1-2,5,7H,3-4H2;3-5H2,1-2H3. The number of hydrogen-bond donors (Lipinski definition) is 1. The summed E-state index contributed by atoms with van der Waals surface area (Å²) in [4.78, 5) is 1.26. The summed E-state index contributed by atoms with van der Waals surface area (Å²) in [5.41, 5.74) is 0. The fraction of sp³-hybridized carbons (Fsp3) is 0.636. The van der Waals surface area contributed by atoms with E-state index in [0.29, 0.717) is 0 Å². The molecule has 0 unspecified atom stereocenters. The molecule has 1 N–H and O–H groups in total. The molecule has 13 heavy (non-hydrogen) atoms. The van der Waals surface area contributed by atoms with Crippen LogP contribution in [0.3, 0.4) is 0 Å². The third kappa shape index (κ3) is 8.00. The lowest BCUT2D eigenvalue weighted by Gasteiger charge is -1.85. The van der Waals surface area contributed by atoms with E-state index >= 15 is 0 Å². The fourth-order valence-corrected chi connectivity index (χ4v) is 1.62. The van der Waals surface area contributed by atoms with Gasteiger partial charge >= 0.3 is 0 Å². The summed E-state index contributed by atoms with van der Waals surface area (Å²) in [6, 6.07) is 4.02. The van der Waals surface area contributed by atoms with Crippen LogP contribution in [-0.4, -0.2) is 11.7 Å². The normalized spacial score (nSPS) is 9.15. The maximum Gasteiger partial charge on any atom is 0.0479 e. The van der Waals surface area contributed by atoms with Crippen molar-refractivity contribution in [2.45, 2.75) is 39.5 Å². The summed E-state index contributed by atoms with van der Waals surface area (Å²) < 4.78 is 0. The maximum atomic E-state index is 8.44. The van der Waals surface area contributed by atoms with Gasteiger partial charge in [-0.05, 0) is 11.4 Å². The molecule has 0 radical (unpaired) electrons. The number of thiophene rings is 1. The van der Waals surface area contributed by atoms with E-state index < -0.39 is 0 Å². The van der Waals surface area contributed by atoms with Crippen molar-refractivity contribution in [3.63, 3.8) is 0 Å². The maximum absolute atomic E-state index is 8.44. The molecule has 1 heterocycles. The predicted molar refractivity (Wildman–Crippen MR) is 60.3 cm³/mol. The van der Waals surface area contributed by atoms with E-state index in [9.17, 15) is 0 Å². The van der Waals surface area contributed by atoms with E-state index in [4.69, 9.17) is 5.11 Å². The van der Waals surface area contributed by atoms with Crippen molar-refractivity contribution in [3.05, 3.63) is 22.4 Å². The minimum atomic E-state index is 0.264. The average molecular weight is 200 g/mol. The first-order valence-electron chi connectivity index (χ1n) is 4.98. The molecular formula is C11H20OS. The molecule has 1 aromatic rings. The van der Waals surface area contributed by atoms with Crippen molar-refractivity contribution in [1.29, 1.82) is 0 Å². The summed E-state index contributed by atoms with van der Waals surface area (Å²) in [6.45, 7) is 4.69. The highest BCUT2D eigenvalue weighted by molar-refractivity contribution is 7.09. The quantitative estimate of drug-likeness (QED) is 0.789. The smallest absolute Gasteiger partial charge is 0.0479 e. The molecule has 0 aliphatic carbocycles. The van der Waals surface area contributed by atoms with Crippen molar-refractivity contribution in [2.75, 3.05) is 6.61 Å². The van der Waals surface area contributed by atoms with Crippen LogP contribution in [0.4, 0.5) is 0 Å². The Balaban J connectivity index is 0.000000252. The van der Waals surface area contributed by atoms with Crippen molar-refractivity contribution < 1.29 is 5.11 Å². The van der Waals surface area contributed by atoms with Gasteiger partial charge in [-0.1, -0.05) is 39.2 Å². The molecule has 0 fully saturated rings. The van der Waals surface area contributed by atoms with Crippen LogP contribution in [0.2, 0.25) is 0 Å². The molecule has 2 heteroatoms. The Bertz CT molecular complexity index is 168. The number of unbranched alkanes of at least 4 members (excludes halogenated alkanes) is 2. The first-order valence-corrected chi connectivity index (χ1v) is 5.86. The van der Waals surface area contributed by atoms with Gasteiger partial charge in [0.15, 0.2) is 0 Å². The van der Waals surface area contributed by atoms with Gasteiger partial charge in [0.1, 0.15) is 0 Å². The van der Waals surface area contributed by atoms with E-state index in [2.05, 4.69) is 13.8 Å². The van der Waals surface area contributed by atoms with E-state index in [1.807, 2.05) is 17.5 Å². The topological polar surface area (TPSA) is 20.2 Å². The van der Waals surface area contributed by atoms with Crippen molar-refractivity contribution in [3.8, 4) is 0 Å². The minimum Gasteiger partial charge on any atom is -0.396 e. The lowest BCUT2D eigenvalue weighted by molar-refractivity contribution is 0.300. The minimum absolute atomic E-state index is 0.264. The Morgan fingerprint density at radius 2 is 2.00 bits per heavy atom. The van der Waals surface area contributed by atoms with Gasteiger partial charge in [0.2, 0.25) is 0 Å². The van der Waals surface area contributed by atoms with Gasteiger partial charge in [0.25, 0.3) is 0 Å². The third-order valence-corrected chi connectivity index (χ3v) is 2.58. The third-order valence-electron chi connectivity index (χ3n) is 1.65. The van der Waals surface area contributed by atoms with E-state index in [1.54, 1.807) is 11.3 Å². The first-order chi connectivity index (χ1) is 6.35. The van der Waals surface area contributed by atoms with Crippen LogP contribution < -0.4 is 0 Å². The molecular weight excluding hydrogens is 180 g/mol. The molecule has 0 aromatic carbocycles. The molecule has 0 amide bonds. The fourth-order valence-electron chi connectivity index (χ4n) is 0.919. The first kappa shape index (κ1) is 12.7. The second-order valence-corrected chi connectivity index (χ2v) is 3.94. The Labute approximate surface area is 85.4 Å². The molecule has 1 nitrogen and oxygen atoms in total. The molecule has 76 valence electrons. The summed E-state index contributed by atoms with van der Waals surface area (Å²) in [5.74, 6) is 0. The van der Waals surface area contributed by atoms with Crippen LogP contribution >= 0.6 is 11.3 Å². The molecule has 1 rings (SSSR count). The van der Waals surface area contributed by atoms with Crippen LogP contribution in [-0.2, 0) is 6.42 Å². The molecule has 0 aliphatic heterocycles. The highest BCUT2D eigenvalue weighted by atomic mass is 32.1.